The quantitative estimate of drug-likeness (QED) is 0.818. The fourth-order valence-corrected chi connectivity index (χ4v) is 1.88. The van der Waals surface area contributed by atoms with Gasteiger partial charge in [0.1, 0.15) is 0 Å². The number of hydrogen-bond donors (Lipinski definition) is 1. The maximum atomic E-state index is 5.09. The lowest BCUT2D eigenvalue weighted by Gasteiger charge is -2.15. The van der Waals surface area contributed by atoms with E-state index in [1.807, 2.05) is 7.05 Å². The van der Waals surface area contributed by atoms with E-state index in [-0.39, 0.29) is 0 Å². The van der Waals surface area contributed by atoms with Crippen molar-refractivity contribution < 1.29 is 4.74 Å². The first-order valence-corrected chi connectivity index (χ1v) is 5.94. The number of hydrogen-bond acceptors (Lipinski definition) is 3. The Morgan fingerprint density at radius 2 is 2.35 bits per heavy atom. The van der Waals surface area contributed by atoms with Gasteiger partial charge < -0.3 is 9.64 Å². The van der Waals surface area contributed by atoms with Crippen LogP contribution < -0.4 is 15.5 Å². The maximum Gasteiger partial charge on any atom is 0.158 e. The summed E-state index contributed by atoms with van der Waals surface area (Å²) in [6.45, 7) is 1.54. The number of ether oxygens (including phenoxy) is 1. The molecule has 1 aliphatic carbocycles. The molecule has 1 aromatic rings. The highest BCUT2D eigenvalue weighted by atomic mass is 16.5. The number of likely N-dealkylation sites (N-methyl/N-ethyl adjacent to an activating group) is 1. The number of allylic oxidation sites excluding steroid dienone is 2. The van der Waals surface area contributed by atoms with Gasteiger partial charge >= 0.3 is 0 Å². The number of nitrogens with one attached hydrogen (secondary N) is 1. The fourth-order valence-electron chi connectivity index (χ4n) is 1.88. The third kappa shape index (κ3) is 2.77. The smallest absolute Gasteiger partial charge is 0.158 e. The number of fused-ring (bicyclic) bond motifs is 1. The molecule has 1 aromatic heterocycles. The van der Waals surface area contributed by atoms with Gasteiger partial charge in [0.15, 0.2) is 5.82 Å². The van der Waals surface area contributed by atoms with Gasteiger partial charge in [-0.25, -0.2) is 0 Å². The van der Waals surface area contributed by atoms with Gasteiger partial charge in [-0.05, 0) is 18.9 Å². The third-order valence-corrected chi connectivity index (χ3v) is 2.89. The molecule has 0 radical (unpaired) electrons. The fraction of sp³-hybridized carbons (Fsp3) is 0.462. The highest BCUT2D eigenvalue weighted by Crippen LogP contribution is 2.00. The molecule has 0 saturated carbocycles. The first kappa shape index (κ1) is 11.9. The highest BCUT2D eigenvalue weighted by molar-refractivity contribution is 5.51. The van der Waals surface area contributed by atoms with Crippen LogP contribution in [0.1, 0.15) is 12.8 Å². The van der Waals surface area contributed by atoms with E-state index in [0.717, 1.165) is 30.6 Å². The van der Waals surface area contributed by atoms with Crippen LogP contribution in [0.4, 0.5) is 5.82 Å². The lowest BCUT2D eigenvalue weighted by molar-refractivity contribution is 0.206. The number of aromatic amines is 1. The van der Waals surface area contributed by atoms with Gasteiger partial charge in [0, 0.05) is 25.9 Å². The minimum atomic E-state index is 0.706. The Balaban J connectivity index is 2.35. The SMILES string of the molecule is COCCN(C)c1n[nH]c2c1=CC=CCCC=2. The zero-order valence-electron chi connectivity index (χ0n) is 10.4. The number of aromatic nitrogens is 2. The predicted octanol–water partition coefficient (Wildman–Crippen LogP) is 0.403. The number of rotatable bonds is 4. The van der Waals surface area contributed by atoms with Crippen molar-refractivity contribution in [3.8, 4) is 0 Å². The van der Waals surface area contributed by atoms with Crippen molar-refractivity contribution in [2.24, 2.45) is 0 Å². The second-order valence-corrected chi connectivity index (χ2v) is 4.17. The van der Waals surface area contributed by atoms with E-state index >= 15 is 0 Å². The van der Waals surface area contributed by atoms with E-state index in [4.69, 9.17) is 4.74 Å². The van der Waals surface area contributed by atoms with Crippen LogP contribution in [0.5, 0.6) is 0 Å². The predicted molar refractivity (Wildman–Crippen MR) is 70.3 cm³/mol. The van der Waals surface area contributed by atoms with Crippen LogP contribution in [-0.4, -0.2) is 37.5 Å². The van der Waals surface area contributed by atoms with Crippen LogP contribution in [0.3, 0.4) is 0 Å². The molecule has 1 heterocycles. The molecular weight excluding hydrogens is 214 g/mol. The molecule has 2 rings (SSSR count). The van der Waals surface area contributed by atoms with E-state index in [1.54, 1.807) is 7.11 Å². The van der Waals surface area contributed by atoms with Crippen molar-refractivity contribution >= 4 is 18.0 Å². The molecule has 0 saturated heterocycles. The van der Waals surface area contributed by atoms with Gasteiger partial charge in [-0.1, -0.05) is 18.2 Å². The summed E-state index contributed by atoms with van der Waals surface area (Å²) < 4.78 is 5.09. The molecule has 0 aromatic carbocycles. The van der Waals surface area contributed by atoms with E-state index in [1.165, 1.54) is 5.22 Å². The first-order chi connectivity index (χ1) is 8.33. The van der Waals surface area contributed by atoms with E-state index in [9.17, 15) is 0 Å². The maximum absolute atomic E-state index is 5.09. The molecule has 0 aliphatic heterocycles. The molecule has 17 heavy (non-hydrogen) atoms. The Kier molecular flexibility index (Phi) is 3.98. The molecule has 1 N–H and O–H groups in total. The Labute approximate surface area is 101 Å². The van der Waals surface area contributed by atoms with Gasteiger partial charge in [0.05, 0.1) is 12.0 Å². The van der Waals surface area contributed by atoms with Crippen molar-refractivity contribution in [2.45, 2.75) is 12.8 Å². The molecule has 4 nitrogen and oxygen atoms in total. The average molecular weight is 233 g/mol. The van der Waals surface area contributed by atoms with E-state index in [2.05, 4.69) is 39.4 Å². The van der Waals surface area contributed by atoms with Crippen LogP contribution in [0.15, 0.2) is 12.2 Å². The second-order valence-electron chi connectivity index (χ2n) is 4.17. The van der Waals surface area contributed by atoms with E-state index in [0.29, 0.717) is 6.61 Å². The molecule has 0 fully saturated rings. The van der Waals surface area contributed by atoms with Crippen LogP contribution in [0.25, 0.3) is 12.2 Å². The molecule has 4 heteroatoms. The van der Waals surface area contributed by atoms with Crippen LogP contribution in [-0.2, 0) is 4.74 Å². The Hall–Kier alpha value is -1.55. The molecule has 0 spiro atoms. The number of nitrogens with zero attached hydrogens (tertiary/aromatic N) is 2. The topological polar surface area (TPSA) is 41.1 Å². The summed E-state index contributed by atoms with van der Waals surface area (Å²) >= 11 is 0. The lowest BCUT2D eigenvalue weighted by Crippen LogP contribution is -2.31. The summed E-state index contributed by atoms with van der Waals surface area (Å²) in [6.07, 6.45) is 10.8. The van der Waals surface area contributed by atoms with Crippen LogP contribution in [0.2, 0.25) is 0 Å². The Morgan fingerprint density at radius 3 is 3.18 bits per heavy atom. The van der Waals surface area contributed by atoms with Crippen molar-refractivity contribution in [2.75, 3.05) is 32.2 Å². The molecule has 0 unspecified atom stereocenters. The largest absolute Gasteiger partial charge is 0.383 e. The zero-order valence-corrected chi connectivity index (χ0v) is 10.4. The highest BCUT2D eigenvalue weighted by Gasteiger charge is 2.07. The summed E-state index contributed by atoms with van der Waals surface area (Å²) in [7, 11) is 3.75. The van der Waals surface area contributed by atoms with Gasteiger partial charge in [0.2, 0.25) is 0 Å². The minimum absolute atomic E-state index is 0.706. The van der Waals surface area contributed by atoms with Gasteiger partial charge in [-0.3, -0.25) is 5.10 Å². The standard InChI is InChI=1S/C13H19N3O/c1-16(9-10-17-2)13-11-7-5-3-4-6-8-12(11)14-15-13/h3,5,7-8,14H,4,6,9-10H2,1-2H3. The first-order valence-electron chi connectivity index (χ1n) is 5.94. The summed E-state index contributed by atoms with van der Waals surface area (Å²) in [5.41, 5.74) is 0. The van der Waals surface area contributed by atoms with Crippen molar-refractivity contribution in [3.63, 3.8) is 0 Å². The monoisotopic (exact) mass is 233 g/mol. The number of methoxy groups -OCH3 is 1. The molecule has 0 atom stereocenters. The Bertz CT molecular complexity index is 501. The van der Waals surface area contributed by atoms with Crippen LogP contribution in [0, 0.1) is 0 Å². The summed E-state index contributed by atoms with van der Waals surface area (Å²) in [5, 5.41) is 9.77. The van der Waals surface area contributed by atoms with Gasteiger partial charge in [0.25, 0.3) is 0 Å². The van der Waals surface area contributed by atoms with Gasteiger partial charge in [-0.15, -0.1) is 0 Å². The molecule has 92 valence electrons. The molecule has 0 amide bonds. The normalized spacial score (nSPS) is 14.2. The lowest BCUT2D eigenvalue weighted by atomic mass is 10.2. The van der Waals surface area contributed by atoms with Crippen molar-refractivity contribution in [1.82, 2.24) is 10.2 Å². The summed E-state index contributed by atoms with van der Waals surface area (Å²) in [5.74, 6) is 0.986. The van der Waals surface area contributed by atoms with Crippen LogP contribution >= 0.6 is 0 Å². The summed E-state index contributed by atoms with van der Waals surface area (Å²) in [6, 6.07) is 0. The second kappa shape index (κ2) is 5.68. The summed E-state index contributed by atoms with van der Waals surface area (Å²) in [4.78, 5) is 2.11. The Morgan fingerprint density at radius 1 is 1.47 bits per heavy atom. The van der Waals surface area contributed by atoms with Crippen molar-refractivity contribution in [1.29, 1.82) is 0 Å². The van der Waals surface area contributed by atoms with Crippen molar-refractivity contribution in [3.05, 3.63) is 22.7 Å². The molecule has 0 bridgehead atoms. The minimum Gasteiger partial charge on any atom is -0.383 e. The number of anilines is 1. The van der Waals surface area contributed by atoms with Gasteiger partial charge in [-0.2, -0.15) is 5.10 Å². The molecular formula is C13H19N3O. The molecule has 1 aliphatic rings. The average Bonchev–Trinajstić information content (AvgIpc) is 2.68. The zero-order chi connectivity index (χ0) is 12.1. The number of H-pyrrole nitrogens is 1. The van der Waals surface area contributed by atoms with E-state index < -0.39 is 0 Å². The third-order valence-electron chi connectivity index (χ3n) is 2.89.